The Morgan fingerprint density at radius 3 is 2.68 bits per heavy atom. The highest BCUT2D eigenvalue weighted by Crippen LogP contribution is 2.31. The molecule has 2 aromatic carbocycles. The van der Waals surface area contributed by atoms with E-state index in [-0.39, 0.29) is 24.0 Å². The zero-order valence-corrected chi connectivity index (χ0v) is 22.0. The van der Waals surface area contributed by atoms with Crippen molar-refractivity contribution in [3.8, 4) is 0 Å². The number of fused-ring (bicyclic) bond motifs is 2. The minimum atomic E-state index is -0.349. The topological polar surface area (TPSA) is 96.8 Å². The molecule has 190 valence electrons. The van der Waals surface area contributed by atoms with Gasteiger partial charge in [-0.3, -0.25) is 9.59 Å². The number of hydrogen-bond donors (Lipinski definition) is 2. The van der Waals surface area contributed by atoms with Crippen molar-refractivity contribution in [3.63, 3.8) is 0 Å². The van der Waals surface area contributed by atoms with E-state index in [2.05, 4.69) is 21.9 Å². The second-order valence-electron chi connectivity index (χ2n) is 9.61. The van der Waals surface area contributed by atoms with Gasteiger partial charge in [0.25, 0.3) is 5.91 Å². The molecular weight excluding hydrogens is 490 g/mol. The standard InChI is InChI=1S/C29H28ClN3O4/c1-15-10-17(3)26-19(14-36-24(26)11-15)12-25(34)33-32-21-6-5-7-23-27(21)18(4)28(37-23)29(35)31-22-13-20(30)9-8-16(22)2/h8-11,13-14H,5-7,12H2,1-4H3,(H,31,35)(H,33,34)/b32-21+. The molecule has 0 bridgehead atoms. The van der Waals surface area contributed by atoms with Crippen LogP contribution >= 0.6 is 11.6 Å². The van der Waals surface area contributed by atoms with Gasteiger partial charge in [-0.05, 0) is 75.4 Å². The van der Waals surface area contributed by atoms with E-state index in [1.54, 1.807) is 18.4 Å². The van der Waals surface area contributed by atoms with Gasteiger partial charge in [0.1, 0.15) is 11.3 Å². The van der Waals surface area contributed by atoms with Crippen LogP contribution in [0.1, 0.15) is 62.5 Å². The predicted molar refractivity (Wildman–Crippen MR) is 145 cm³/mol. The number of aryl methyl sites for hydroxylation is 4. The Bertz CT molecular complexity index is 1580. The molecule has 0 radical (unpaired) electrons. The number of nitrogens with zero attached hydrogens (tertiary/aromatic N) is 1. The van der Waals surface area contributed by atoms with Crippen molar-refractivity contribution >= 4 is 45.8 Å². The van der Waals surface area contributed by atoms with Crippen LogP contribution in [0.4, 0.5) is 5.69 Å². The van der Waals surface area contributed by atoms with Crippen LogP contribution in [0, 0.1) is 27.7 Å². The number of benzene rings is 2. The molecule has 7 nitrogen and oxygen atoms in total. The number of hydrazone groups is 1. The van der Waals surface area contributed by atoms with Crippen LogP contribution in [0.25, 0.3) is 11.0 Å². The van der Waals surface area contributed by atoms with Gasteiger partial charge in [0.2, 0.25) is 5.91 Å². The average Bonchev–Trinajstić information content (AvgIpc) is 3.41. The van der Waals surface area contributed by atoms with E-state index in [9.17, 15) is 9.59 Å². The van der Waals surface area contributed by atoms with Gasteiger partial charge in [-0.2, -0.15) is 5.10 Å². The summed E-state index contributed by atoms with van der Waals surface area (Å²) >= 11 is 6.10. The molecule has 2 aromatic heterocycles. The van der Waals surface area contributed by atoms with Crippen LogP contribution in [0.3, 0.4) is 0 Å². The summed E-state index contributed by atoms with van der Waals surface area (Å²) in [5.74, 6) is 0.355. The first-order valence-corrected chi connectivity index (χ1v) is 12.6. The highest BCUT2D eigenvalue weighted by Gasteiger charge is 2.28. The lowest BCUT2D eigenvalue weighted by Gasteiger charge is -2.13. The van der Waals surface area contributed by atoms with Crippen molar-refractivity contribution in [2.45, 2.75) is 53.4 Å². The minimum absolute atomic E-state index is 0.150. The normalized spacial score (nSPS) is 14.1. The molecule has 4 aromatic rings. The molecule has 0 spiro atoms. The second kappa shape index (κ2) is 9.90. The van der Waals surface area contributed by atoms with E-state index in [4.69, 9.17) is 20.4 Å². The maximum Gasteiger partial charge on any atom is 0.291 e. The van der Waals surface area contributed by atoms with Gasteiger partial charge in [0, 0.05) is 39.2 Å². The summed E-state index contributed by atoms with van der Waals surface area (Å²) in [6.45, 7) is 7.77. The zero-order valence-electron chi connectivity index (χ0n) is 21.3. The number of amides is 2. The molecular formula is C29H28ClN3O4. The van der Waals surface area contributed by atoms with Crippen molar-refractivity contribution in [1.82, 2.24) is 5.43 Å². The molecule has 0 unspecified atom stereocenters. The number of carbonyl (C=O) groups excluding carboxylic acids is 2. The third-order valence-corrected chi connectivity index (χ3v) is 6.97. The van der Waals surface area contributed by atoms with Crippen LogP contribution < -0.4 is 10.7 Å². The lowest BCUT2D eigenvalue weighted by molar-refractivity contribution is -0.120. The minimum Gasteiger partial charge on any atom is -0.464 e. The van der Waals surface area contributed by atoms with E-state index < -0.39 is 0 Å². The highest BCUT2D eigenvalue weighted by atomic mass is 35.5. The first-order chi connectivity index (χ1) is 17.7. The molecule has 1 aliphatic rings. The van der Waals surface area contributed by atoms with Crippen LogP contribution in [-0.4, -0.2) is 17.5 Å². The van der Waals surface area contributed by atoms with Gasteiger partial charge in [0.05, 0.1) is 18.4 Å². The van der Waals surface area contributed by atoms with E-state index in [0.29, 0.717) is 40.6 Å². The number of furan rings is 2. The maximum atomic E-state index is 13.1. The Hall–Kier alpha value is -3.84. The molecule has 2 N–H and O–H groups in total. The summed E-state index contributed by atoms with van der Waals surface area (Å²) < 4.78 is 11.7. The SMILES string of the molecule is Cc1cc(C)c2c(CC(=O)N/N=C3\CCCc4oc(C(=O)Nc5cc(Cl)ccc5C)c(C)c43)coc2c1. The van der Waals surface area contributed by atoms with Crippen LogP contribution in [0.5, 0.6) is 0 Å². The Morgan fingerprint density at radius 2 is 1.86 bits per heavy atom. The fourth-order valence-corrected chi connectivity index (χ4v) is 5.18. The number of carbonyl (C=O) groups is 2. The average molecular weight is 518 g/mol. The summed E-state index contributed by atoms with van der Waals surface area (Å²) in [6, 6.07) is 9.38. The Balaban J connectivity index is 1.35. The maximum absolute atomic E-state index is 13.1. The van der Waals surface area contributed by atoms with Gasteiger partial charge in [-0.15, -0.1) is 0 Å². The molecule has 8 heteroatoms. The molecule has 2 heterocycles. The third kappa shape index (κ3) is 4.91. The van der Waals surface area contributed by atoms with Crippen molar-refractivity contribution in [2.24, 2.45) is 5.10 Å². The molecule has 1 aliphatic carbocycles. The Labute approximate surface area is 219 Å². The molecule has 0 aliphatic heterocycles. The lowest BCUT2D eigenvalue weighted by Crippen LogP contribution is -2.23. The molecule has 0 saturated carbocycles. The Kier molecular flexibility index (Phi) is 6.65. The van der Waals surface area contributed by atoms with Gasteiger partial charge in [0.15, 0.2) is 5.76 Å². The van der Waals surface area contributed by atoms with Crippen LogP contribution in [0.15, 0.2) is 50.5 Å². The van der Waals surface area contributed by atoms with E-state index in [0.717, 1.165) is 45.2 Å². The first-order valence-electron chi connectivity index (χ1n) is 12.2. The molecule has 0 atom stereocenters. The number of anilines is 1. The van der Waals surface area contributed by atoms with E-state index in [1.807, 2.05) is 39.8 Å². The number of halogens is 1. The van der Waals surface area contributed by atoms with Crippen molar-refractivity contribution in [2.75, 3.05) is 5.32 Å². The molecule has 0 saturated heterocycles. The smallest absolute Gasteiger partial charge is 0.291 e. The van der Waals surface area contributed by atoms with Crippen molar-refractivity contribution < 1.29 is 18.4 Å². The fraction of sp³-hybridized carbons (Fsp3) is 0.276. The van der Waals surface area contributed by atoms with E-state index in [1.165, 1.54) is 0 Å². The van der Waals surface area contributed by atoms with Gasteiger partial charge in [-0.25, -0.2) is 5.43 Å². The van der Waals surface area contributed by atoms with Crippen molar-refractivity contribution in [3.05, 3.63) is 86.5 Å². The molecule has 37 heavy (non-hydrogen) atoms. The zero-order chi connectivity index (χ0) is 26.3. The monoisotopic (exact) mass is 517 g/mol. The van der Waals surface area contributed by atoms with Crippen LogP contribution in [-0.2, 0) is 17.6 Å². The third-order valence-electron chi connectivity index (χ3n) is 6.74. The van der Waals surface area contributed by atoms with Gasteiger partial charge < -0.3 is 14.2 Å². The van der Waals surface area contributed by atoms with Gasteiger partial charge in [-0.1, -0.05) is 23.7 Å². The summed E-state index contributed by atoms with van der Waals surface area (Å²) in [6.07, 6.45) is 3.97. The largest absolute Gasteiger partial charge is 0.464 e. The summed E-state index contributed by atoms with van der Waals surface area (Å²) in [4.78, 5) is 25.8. The molecule has 2 amide bonds. The fourth-order valence-electron chi connectivity index (χ4n) is 5.00. The first kappa shape index (κ1) is 24.8. The molecule has 0 fully saturated rings. The second-order valence-corrected chi connectivity index (χ2v) is 10.0. The quantitative estimate of drug-likeness (QED) is 0.293. The number of rotatable bonds is 5. The van der Waals surface area contributed by atoms with Crippen LogP contribution in [0.2, 0.25) is 5.02 Å². The van der Waals surface area contributed by atoms with E-state index >= 15 is 0 Å². The Morgan fingerprint density at radius 1 is 1.05 bits per heavy atom. The predicted octanol–water partition coefficient (Wildman–Crippen LogP) is 6.56. The number of hydrogen-bond acceptors (Lipinski definition) is 5. The lowest BCUT2D eigenvalue weighted by atomic mass is 9.93. The van der Waals surface area contributed by atoms with Gasteiger partial charge >= 0.3 is 0 Å². The summed E-state index contributed by atoms with van der Waals surface area (Å²) in [5.41, 5.74) is 10.2. The number of nitrogens with one attached hydrogen (secondary N) is 2. The highest BCUT2D eigenvalue weighted by molar-refractivity contribution is 6.31. The summed E-state index contributed by atoms with van der Waals surface area (Å²) in [7, 11) is 0. The molecule has 5 rings (SSSR count). The summed E-state index contributed by atoms with van der Waals surface area (Å²) in [5, 5.41) is 8.84. The van der Waals surface area contributed by atoms with Crippen molar-refractivity contribution in [1.29, 1.82) is 0 Å².